The molecule has 0 saturated carbocycles. The van der Waals surface area contributed by atoms with Crippen molar-refractivity contribution in [2.75, 3.05) is 6.54 Å². The molecule has 0 bridgehead atoms. The molecule has 12 nitrogen and oxygen atoms in total. The topological polar surface area (TPSA) is 144 Å². The standard InChI is InChI=1S/C25H21F8N9O3/c26-17(12-41(23(44)20-10-36-39-37-20)11-14-5-16(9-34-7-14)24(28,29)30)3-4-42-13-21(38-40-42)22(43)35-8-15-6-18(1-2-19(15)27)45-25(31,32)33/h1-2,5-7,9-10,13,17H,3-4,8,11-12H2,(H,35,43)(H,36,37,39). The maximum absolute atomic E-state index is 15.1. The molecule has 4 rings (SSSR count). The molecule has 0 aliphatic rings. The first kappa shape index (κ1) is 32.7. The normalized spacial score (nSPS) is 12.5. The van der Waals surface area contributed by atoms with E-state index in [4.69, 9.17) is 0 Å². The number of amides is 2. The van der Waals surface area contributed by atoms with Crippen LogP contribution in [-0.2, 0) is 25.8 Å². The molecule has 0 fully saturated rings. The number of nitrogens with one attached hydrogen (secondary N) is 2. The van der Waals surface area contributed by atoms with Crippen molar-refractivity contribution in [2.24, 2.45) is 0 Å². The second-order valence-corrected chi connectivity index (χ2v) is 9.36. The molecule has 0 spiro atoms. The molecule has 2 N–H and O–H groups in total. The number of rotatable bonds is 12. The van der Waals surface area contributed by atoms with Gasteiger partial charge in [-0.25, -0.2) is 8.78 Å². The van der Waals surface area contributed by atoms with E-state index >= 15 is 4.39 Å². The fourth-order valence-corrected chi connectivity index (χ4v) is 3.90. The number of ether oxygens (including phenoxy) is 1. The first-order valence-electron chi connectivity index (χ1n) is 12.7. The zero-order chi connectivity index (χ0) is 32.8. The lowest BCUT2D eigenvalue weighted by molar-refractivity contribution is -0.274. The zero-order valence-electron chi connectivity index (χ0n) is 22.6. The minimum Gasteiger partial charge on any atom is -0.406 e. The molecule has 3 heterocycles. The third kappa shape index (κ3) is 9.41. The molecule has 1 unspecified atom stereocenters. The molecule has 1 aromatic carbocycles. The van der Waals surface area contributed by atoms with Crippen LogP contribution in [0.4, 0.5) is 35.1 Å². The summed E-state index contributed by atoms with van der Waals surface area (Å²) in [6, 6.07) is 3.06. The lowest BCUT2D eigenvalue weighted by atomic mass is 10.1. The average Bonchev–Trinajstić information content (AvgIpc) is 3.67. The summed E-state index contributed by atoms with van der Waals surface area (Å²) >= 11 is 0. The van der Waals surface area contributed by atoms with Crippen LogP contribution in [0.5, 0.6) is 5.75 Å². The highest BCUT2D eigenvalue weighted by Crippen LogP contribution is 2.29. The Labute approximate surface area is 247 Å². The number of H-pyrrole nitrogens is 1. The van der Waals surface area contributed by atoms with E-state index in [1.54, 1.807) is 0 Å². The number of carbonyl (C=O) groups excluding carboxylic acids is 2. The monoisotopic (exact) mass is 647 g/mol. The number of nitrogens with zero attached hydrogens (tertiary/aromatic N) is 7. The van der Waals surface area contributed by atoms with Crippen molar-refractivity contribution in [3.8, 4) is 5.75 Å². The highest BCUT2D eigenvalue weighted by atomic mass is 19.4. The smallest absolute Gasteiger partial charge is 0.406 e. The van der Waals surface area contributed by atoms with Crippen LogP contribution in [0, 0.1) is 5.82 Å². The molecule has 3 aromatic heterocycles. The molecular formula is C25H21F8N9O3. The summed E-state index contributed by atoms with van der Waals surface area (Å²) < 4.78 is 111. The van der Waals surface area contributed by atoms with E-state index in [2.05, 4.69) is 40.8 Å². The first-order valence-corrected chi connectivity index (χ1v) is 12.7. The number of hydrogen-bond acceptors (Lipinski definition) is 8. The molecule has 0 aliphatic heterocycles. The first-order chi connectivity index (χ1) is 21.2. The van der Waals surface area contributed by atoms with Crippen LogP contribution in [0.15, 0.2) is 49.1 Å². The summed E-state index contributed by atoms with van der Waals surface area (Å²) in [7, 11) is 0. The number of carbonyl (C=O) groups is 2. The number of hydrogen-bond donors (Lipinski definition) is 2. The van der Waals surface area contributed by atoms with Gasteiger partial charge in [0, 0.05) is 37.6 Å². The number of aromatic nitrogens is 7. The second-order valence-electron chi connectivity index (χ2n) is 9.36. The fourth-order valence-electron chi connectivity index (χ4n) is 3.90. The SMILES string of the molecule is O=C(NCc1cc(OC(F)(F)F)ccc1F)c1cn(CCC(F)CN(Cc2cncc(C(F)(F)F)c2)C(=O)c2c[nH]nn2)nn1. The van der Waals surface area contributed by atoms with Gasteiger partial charge in [-0.15, -0.1) is 23.4 Å². The molecule has 4 aromatic rings. The van der Waals surface area contributed by atoms with Crippen molar-refractivity contribution >= 4 is 11.8 Å². The summed E-state index contributed by atoms with van der Waals surface area (Å²) in [6.07, 6.45) is -7.70. The molecule has 2 amide bonds. The maximum Gasteiger partial charge on any atom is 0.573 e. The highest BCUT2D eigenvalue weighted by Gasteiger charge is 2.32. The van der Waals surface area contributed by atoms with Crippen molar-refractivity contribution in [2.45, 2.75) is 44.8 Å². The lowest BCUT2D eigenvalue weighted by Crippen LogP contribution is -2.36. The molecule has 240 valence electrons. The van der Waals surface area contributed by atoms with Crippen LogP contribution >= 0.6 is 0 Å². The molecule has 0 radical (unpaired) electrons. The van der Waals surface area contributed by atoms with E-state index in [-0.39, 0.29) is 35.5 Å². The zero-order valence-corrected chi connectivity index (χ0v) is 22.6. The number of pyridine rings is 1. The summed E-state index contributed by atoms with van der Waals surface area (Å²) in [5, 5.41) is 18.9. The Morgan fingerprint density at radius 1 is 1.07 bits per heavy atom. The van der Waals surface area contributed by atoms with Gasteiger partial charge in [-0.2, -0.15) is 13.2 Å². The van der Waals surface area contributed by atoms with E-state index in [0.29, 0.717) is 6.20 Å². The van der Waals surface area contributed by atoms with E-state index in [1.807, 2.05) is 0 Å². The third-order valence-corrected chi connectivity index (χ3v) is 5.97. The summed E-state index contributed by atoms with van der Waals surface area (Å²) in [5.74, 6) is -3.26. The van der Waals surface area contributed by atoms with Crippen LogP contribution in [-0.4, -0.2) is 71.2 Å². The van der Waals surface area contributed by atoms with Gasteiger partial charge < -0.3 is 15.0 Å². The van der Waals surface area contributed by atoms with Crippen molar-refractivity contribution in [3.63, 3.8) is 0 Å². The van der Waals surface area contributed by atoms with Gasteiger partial charge >= 0.3 is 12.5 Å². The molecule has 1 atom stereocenters. The minimum absolute atomic E-state index is 0.0136. The molecule has 45 heavy (non-hydrogen) atoms. The van der Waals surface area contributed by atoms with Gasteiger partial charge in [-0.3, -0.25) is 24.4 Å². The van der Waals surface area contributed by atoms with Crippen LogP contribution in [0.25, 0.3) is 0 Å². The van der Waals surface area contributed by atoms with E-state index in [9.17, 15) is 40.3 Å². The number of aromatic amines is 1. The maximum atomic E-state index is 15.1. The second kappa shape index (κ2) is 13.6. The Balaban J connectivity index is 1.35. The lowest BCUT2D eigenvalue weighted by Gasteiger charge is -2.24. The summed E-state index contributed by atoms with van der Waals surface area (Å²) in [4.78, 5) is 29.8. The largest absolute Gasteiger partial charge is 0.573 e. The molecule has 0 aliphatic carbocycles. The van der Waals surface area contributed by atoms with E-state index in [0.717, 1.165) is 52.4 Å². The van der Waals surface area contributed by atoms with Crippen LogP contribution in [0.3, 0.4) is 0 Å². The fraction of sp³-hybridized carbons (Fsp3) is 0.320. The van der Waals surface area contributed by atoms with Crippen molar-refractivity contribution in [3.05, 3.63) is 82.9 Å². The predicted molar refractivity (Wildman–Crippen MR) is 134 cm³/mol. The van der Waals surface area contributed by atoms with E-state index < -0.39 is 67.3 Å². The van der Waals surface area contributed by atoms with Crippen LogP contribution in [0.2, 0.25) is 0 Å². The van der Waals surface area contributed by atoms with E-state index in [1.165, 1.54) is 0 Å². The molecule has 0 saturated heterocycles. The average molecular weight is 647 g/mol. The quantitative estimate of drug-likeness (QED) is 0.221. The number of halogens is 8. The number of alkyl halides is 7. The van der Waals surface area contributed by atoms with Gasteiger partial charge in [0.25, 0.3) is 11.8 Å². The number of benzene rings is 1. The Morgan fingerprint density at radius 2 is 1.84 bits per heavy atom. The van der Waals surface area contributed by atoms with Gasteiger partial charge in [0.2, 0.25) is 0 Å². The van der Waals surface area contributed by atoms with Gasteiger partial charge in [-0.05, 0) is 36.2 Å². The Bertz CT molecular complexity index is 1610. The van der Waals surface area contributed by atoms with Crippen molar-refractivity contribution in [1.29, 1.82) is 0 Å². The minimum atomic E-state index is -5.00. The Kier molecular flexibility index (Phi) is 9.92. The van der Waals surface area contributed by atoms with Crippen LogP contribution < -0.4 is 10.1 Å². The molecular weight excluding hydrogens is 626 g/mol. The number of aryl methyl sites for hydroxylation is 1. The Morgan fingerprint density at radius 3 is 2.53 bits per heavy atom. The molecule has 20 heteroatoms. The van der Waals surface area contributed by atoms with Crippen molar-refractivity contribution < 1.29 is 49.4 Å². The van der Waals surface area contributed by atoms with Gasteiger partial charge in [0.05, 0.1) is 24.5 Å². The summed E-state index contributed by atoms with van der Waals surface area (Å²) in [5.41, 5.74) is -1.84. The third-order valence-electron chi connectivity index (χ3n) is 5.97. The van der Waals surface area contributed by atoms with Gasteiger partial charge in [-0.1, -0.05) is 10.4 Å². The van der Waals surface area contributed by atoms with Crippen molar-refractivity contribution in [1.82, 2.24) is 45.6 Å². The Hall–Kier alpha value is -5.17. The highest BCUT2D eigenvalue weighted by molar-refractivity contribution is 5.92. The van der Waals surface area contributed by atoms with Crippen LogP contribution in [0.1, 0.15) is 44.1 Å². The predicted octanol–water partition coefficient (Wildman–Crippen LogP) is 3.85. The van der Waals surface area contributed by atoms with Gasteiger partial charge in [0.1, 0.15) is 17.7 Å². The van der Waals surface area contributed by atoms with Gasteiger partial charge in [0.15, 0.2) is 11.4 Å². The summed E-state index contributed by atoms with van der Waals surface area (Å²) in [6.45, 7) is -1.66.